The molecule has 0 spiro atoms. The van der Waals surface area contributed by atoms with Crippen molar-refractivity contribution in [3.63, 3.8) is 0 Å². The van der Waals surface area contributed by atoms with Gasteiger partial charge in [-0.25, -0.2) is 18.4 Å². The van der Waals surface area contributed by atoms with Crippen LogP contribution in [0.15, 0.2) is 46.4 Å². The molecule has 0 fully saturated rings. The fourth-order valence-electron chi connectivity index (χ4n) is 2.87. The molecule has 1 aromatic carbocycles. The topological polar surface area (TPSA) is 58.9 Å². The Kier molecular flexibility index (Phi) is 4.72. The molecule has 0 aliphatic heterocycles. The van der Waals surface area contributed by atoms with Gasteiger partial charge in [-0.3, -0.25) is 0 Å². The van der Waals surface area contributed by atoms with Crippen molar-refractivity contribution in [2.75, 3.05) is 0 Å². The van der Waals surface area contributed by atoms with Crippen molar-refractivity contribution in [2.24, 2.45) is 9.98 Å². The molecule has 0 heterocycles. The summed E-state index contributed by atoms with van der Waals surface area (Å²) in [6.07, 6.45) is 1.44. The smallest absolute Gasteiger partial charge is 0.231 e. The van der Waals surface area contributed by atoms with Crippen LogP contribution in [0.25, 0.3) is 0 Å². The van der Waals surface area contributed by atoms with E-state index in [1.54, 1.807) is 0 Å². The Balaban J connectivity index is 2.67. The summed E-state index contributed by atoms with van der Waals surface area (Å²) in [4.78, 5) is 25.8. The Bertz CT molecular complexity index is 870. The van der Waals surface area contributed by atoms with Crippen LogP contribution >= 0.6 is 0 Å². The predicted octanol–water partition coefficient (Wildman–Crippen LogP) is 4.48. The van der Waals surface area contributed by atoms with Gasteiger partial charge in [-0.2, -0.15) is 27.5 Å². The third-order valence-corrected chi connectivity index (χ3v) is 4.71. The second-order valence-electron chi connectivity index (χ2n) is 6.45. The highest BCUT2D eigenvalue weighted by Gasteiger charge is 2.82. The van der Waals surface area contributed by atoms with E-state index in [0.717, 1.165) is 26.0 Å². The first-order valence-corrected chi connectivity index (χ1v) is 7.42. The molecule has 0 aromatic heterocycles. The number of carbonyl (C=O) groups excluding carboxylic acids is 2. The molecule has 1 aliphatic rings. The first-order chi connectivity index (χ1) is 12.3. The van der Waals surface area contributed by atoms with Gasteiger partial charge in [-0.05, 0) is 29.8 Å². The van der Waals surface area contributed by atoms with Crippen LogP contribution in [0.3, 0.4) is 0 Å². The summed E-state index contributed by atoms with van der Waals surface area (Å²) in [5.41, 5.74) is -6.41. The van der Waals surface area contributed by atoms with Crippen LogP contribution in [0.5, 0.6) is 0 Å². The summed E-state index contributed by atoms with van der Waals surface area (Å²) in [6.45, 7) is 1.85. The fourth-order valence-corrected chi connectivity index (χ4v) is 2.87. The molecule has 0 N–H and O–H groups in total. The van der Waals surface area contributed by atoms with E-state index in [2.05, 4.69) is 9.98 Å². The summed E-state index contributed by atoms with van der Waals surface area (Å²) in [5, 5.41) is 0. The van der Waals surface area contributed by atoms with E-state index < -0.39 is 28.7 Å². The van der Waals surface area contributed by atoms with Crippen molar-refractivity contribution in [3.05, 3.63) is 42.0 Å². The highest BCUT2D eigenvalue weighted by molar-refractivity contribution is 5.51. The SMILES string of the molecule is CC(C)(c1ccc(N=C=O)cc1)C1(F)C=CC(F)(N=C=O)C(F)(F)C1(F)F. The van der Waals surface area contributed by atoms with Gasteiger partial charge in [0, 0.05) is 5.41 Å². The zero-order valence-corrected chi connectivity index (χ0v) is 13.9. The number of isocyanates is 2. The van der Waals surface area contributed by atoms with E-state index in [-0.39, 0.29) is 23.4 Å². The van der Waals surface area contributed by atoms with Crippen LogP contribution in [0.2, 0.25) is 0 Å². The molecular weight excluding hydrogens is 378 g/mol. The summed E-state index contributed by atoms with van der Waals surface area (Å²) in [7, 11) is 0. The number of hydrogen-bond acceptors (Lipinski definition) is 4. The molecule has 2 rings (SSSR count). The lowest BCUT2D eigenvalue weighted by atomic mass is 9.64. The van der Waals surface area contributed by atoms with Gasteiger partial charge in [0.2, 0.25) is 17.8 Å². The number of benzene rings is 1. The van der Waals surface area contributed by atoms with Crippen molar-refractivity contribution < 1.29 is 35.9 Å². The molecule has 0 bridgehead atoms. The maximum Gasteiger partial charge on any atom is 0.371 e. The first kappa shape index (κ1) is 20.6. The number of aliphatic imine (C=N–C) groups is 2. The molecule has 1 aliphatic carbocycles. The molecule has 1 aromatic rings. The predicted molar refractivity (Wildman–Crippen MR) is 82.1 cm³/mol. The number of alkyl halides is 6. The van der Waals surface area contributed by atoms with Crippen LogP contribution < -0.4 is 0 Å². The molecule has 10 heteroatoms. The molecule has 2 atom stereocenters. The van der Waals surface area contributed by atoms with Crippen LogP contribution in [-0.4, -0.2) is 35.5 Å². The molecule has 27 heavy (non-hydrogen) atoms. The van der Waals surface area contributed by atoms with Crippen LogP contribution in [-0.2, 0) is 15.0 Å². The fraction of sp³-hybridized carbons (Fsp3) is 0.412. The second-order valence-corrected chi connectivity index (χ2v) is 6.45. The van der Waals surface area contributed by atoms with Gasteiger partial charge in [0.25, 0.3) is 5.79 Å². The summed E-state index contributed by atoms with van der Waals surface area (Å²) < 4.78 is 87.1. The zero-order chi connectivity index (χ0) is 20.7. The average Bonchev–Trinajstić information content (AvgIpc) is 2.59. The Morgan fingerprint density at radius 1 is 0.852 bits per heavy atom. The maximum absolute atomic E-state index is 15.4. The lowest BCUT2D eigenvalue weighted by molar-refractivity contribution is -0.313. The normalized spacial score (nSPS) is 28.7. The molecule has 0 radical (unpaired) electrons. The van der Waals surface area contributed by atoms with Gasteiger partial charge in [-0.1, -0.05) is 26.0 Å². The van der Waals surface area contributed by atoms with E-state index in [1.807, 2.05) is 0 Å². The second kappa shape index (κ2) is 6.18. The third kappa shape index (κ3) is 2.64. The first-order valence-electron chi connectivity index (χ1n) is 7.42. The van der Waals surface area contributed by atoms with Gasteiger partial charge >= 0.3 is 11.8 Å². The minimum atomic E-state index is -5.67. The molecule has 4 nitrogen and oxygen atoms in total. The van der Waals surface area contributed by atoms with E-state index in [1.165, 1.54) is 18.2 Å². The molecule has 144 valence electrons. The van der Waals surface area contributed by atoms with Gasteiger partial charge in [0.05, 0.1) is 5.69 Å². The lowest BCUT2D eigenvalue weighted by Crippen LogP contribution is -2.70. The van der Waals surface area contributed by atoms with E-state index in [9.17, 15) is 31.5 Å². The van der Waals surface area contributed by atoms with Crippen molar-refractivity contribution in [3.8, 4) is 0 Å². The van der Waals surface area contributed by atoms with E-state index in [4.69, 9.17) is 0 Å². The number of allylic oxidation sites excluding steroid dienone is 1. The monoisotopic (exact) mass is 390 g/mol. The highest BCUT2D eigenvalue weighted by atomic mass is 19.3. The van der Waals surface area contributed by atoms with Crippen LogP contribution in [0, 0.1) is 0 Å². The van der Waals surface area contributed by atoms with Crippen molar-refractivity contribution >= 4 is 17.8 Å². The van der Waals surface area contributed by atoms with Crippen LogP contribution in [0.4, 0.5) is 32.0 Å². The Morgan fingerprint density at radius 2 is 1.41 bits per heavy atom. The Morgan fingerprint density at radius 3 is 1.89 bits per heavy atom. The summed E-state index contributed by atoms with van der Waals surface area (Å²) in [5.74, 6) is -15.7. The van der Waals surface area contributed by atoms with Gasteiger partial charge < -0.3 is 0 Å². The molecular formula is C17H12F6N2O2. The van der Waals surface area contributed by atoms with E-state index >= 15 is 4.39 Å². The Hall–Kier alpha value is -2.70. The molecule has 2 unspecified atom stereocenters. The minimum Gasteiger partial charge on any atom is -0.231 e. The number of halogens is 6. The van der Waals surface area contributed by atoms with E-state index in [0.29, 0.717) is 6.08 Å². The highest BCUT2D eigenvalue weighted by Crippen LogP contribution is 2.61. The molecule has 0 amide bonds. The maximum atomic E-state index is 15.4. The standard InChI is InChI=1S/C17H12F6N2O2/c1-13(2,11-3-5-12(6-4-11)24-9-26)14(18)7-8-15(19,25-10-27)17(22,23)16(14,20)21/h3-8H,1-2H3. The van der Waals surface area contributed by atoms with Crippen molar-refractivity contribution in [1.29, 1.82) is 0 Å². The number of nitrogens with zero attached hydrogens (tertiary/aromatic N) is 2. The minimum absolute atomic E-state index is 0.0528. The summed E-state index contributed by atoms with van der Waals surface area (Å²) >= 11 is 0. The lowest BCUT2D eigenvalue weighted by Gasteiger charge is -2.49. The van der Waals surface area contributed by atoms with Crippen molar-refractivity contribution in [1.82, 2.24) is 0 Å². The number of rotatable bonds is 4. The Labute approximate surface area is 149 Å². The average molecular weight is 390 g/mol. The largest absolute Gasteiger partial charge is 0.371 e. The van der Waals surface area contributed by atoms with Gasteiger partial charge in [0.1, 0.15) is 0 Å². The van der Waals surface area contributed by atoms with Crippen molar-refractivity contribution in [2.45, 2.75) is 42.6 Å². The quantitative estimate of drug-likeness (QED) is 0.250. The molecule has 0 saturated heterocycles. The zero-order valence-electron chi connectivity index (χ0n) is 13.9. The summed E-state index contributed by atoms with van der Waals surface area (Å²) in [6, 6.07) is 4.56. The van der Waals surface area contributed by atoms with Gasteiger partial charge in [0.15, 0.2) is 0 Å². The third-order valence-electron chi connectivity index (χ3n) is 4.71. The number of hydrogen-bond donors (Lipinski definition) is 0. The molecule has 0 saturated carbocycles. The van der Waals surface area contributed by atoms with Gasteiger partial charge in [-0.15, -0.1) is 0 Å². The van der Waals surface area contributed by atoms with Crippen LogP contribution in [0.1, 0.15) is 19.4 Å².